The molecule has 4 rings (SSSR count). The van der Waals surface area contributed by atoms with Crippen LogP contribution in [0, 0.1) is 6.92 Å². The zero-order valence-electron chi connectivity index (χ0n) is 15.9. The number of carbonyl (C=O) groups is 1. The highest BCUT2D eigenvalue weighted by Gasteiger charge is 2.30. The van der Waals surface area contributed by atoms with E-state index in [4.69, 9.17) is 16.7 Å². The van der Waals surface area contributed by atoms with Crippen LogP contribution in [0.5, 0.6) is 0 Å². The van der Waals surface area contributed by atoms with Crippen molar-refractivity contribution in [3.8, 4) is 5.69 Å². The Morgan fingerprint density at radius 2 is 1.89 bits per heavy atom. The smallest absolute Gasteiger partial charge is 0.235 e. The maximum absolute atomic E-state index is 12.4. The molecule has 0 saturated carbocycles. The summed E-state index contributed by atoms with van der Waals surface area (Å²) in [6.07, 6.45) is 0. The maximum atomic E-state index is 12.4. The highest BCUT2D eigenvalue weighted by molar-refractivity contribution is 8.00. The number of amides is 1. The summed E-state index contributed by atoms with van der Waals surface area (Å²) in [5.74, 6) is 1.05. The van der Waals surface area contributed by atoms with E-state index in [1.165, 1.54) is 0 Å². The van der Waals surface area contributed by atoms with Crippen molar-refractivity contribution < 1.29 is 4.79 Å². The fraction of sp³-hybridized carbons (Fsp3) is 0.238. The maximum Gasteiger partial charge on any atom is 0.235 e. The number of hydrogen-bond acceptors (Lipinski definition) is 4. The van der Waals surface area contributed by atoms with Gasteiger partial charge >= 0.3 is 0 Å². The zero-order valence-corrected chi connectivity index (χ0v) is 17.5. The first-order valence-electron chi connectivity index (χ1n) is 8.99. The van der Waals surface area contributed by atoms with Crippen LogP contribution in [0.1, 0.15) is 22.1 Å². The molecule has 0 fully saturated rings. The van der Waals surface area contributed by atoms with E-state index >= 15 is 0 Å². The lowest BCUT2D eigenvalue weighted by atomic mass is 10.0. The van der Waals surface area contributed by atoms with Crippen molar-refractivity contribution in [2.24, 2.45) is 0 Å². The van der Waals surface area contributed by atoms with E-state index in [1.54, 1.807) is 16.4 Å². The number of anilines is 2. The standard InChI is InChI=1S/C21H21ClN4OS/c1-13-19-20(14-8-10-15(11-9-14)25(2)3)28-12-18(27)23-21(19)26(24-13)17-7-5-4-6-16(17)22/h4-11,20H,12H2,1-3H3,(H,23,27)/t20-/m1/s1. The third-order valence-corrected chi connectivity index (χ3v) is 6.39. The number of aromatic nitrogens is 2. The summed E-state index contributed by atoms with van der Waals surface area (Å²) in [4.78, 5) is 14.5. The lowest BCUT2D eigenvalue weighted by molar-refractivity contribution is -0.113. The Morgan fingerprint density at radius 3 is 2.57 bits per heavy atom. The first-order valence-corrected chi connectivity index (χ1v) is 10.4. The molecule has 1 aliphatic rings. The van der Waals surface area contributed by atoms with Gasteiger partial charge in [0.15, 0.2) is 0 Å². The highest BCUT2D eigenvalue weighted by Crippen LogP contribution is 2.44. The largest absolute Gasteiger partial charge is 0.378 e. The number of benzene rings is 2. The summed E-state index contributed by atoms with van der Waals surface area (Å²) in [6, 6.07) is 16.0. The molecule has 28 heavy (non-hydrogen) atoms. The minimum absolute atomic E-state index is 0.0152. The van der Waals surface area contributed by atoms with Gasteiger partial charge in [-0.3, -0.25) is 4.79 Å². The molecular formula is C21H21ClN4OS. The third kappa shape index (κ3) is 3.38. The number of nitrogens with zero attached hydrogens (tertiary/aromatic N) is 3. The van der Waals surface area contributed by atoms with Crippen LogP contribution in [0.2, 0.25) is 5.02 Å². The van der Waals surface area contributed by atoms with Gasteiger partial charge in [-0.15, -0.1) is 11.8 Å². The molecule has 0 bridgehead atoms. The van der Waals surface area contributed by atoms with Crippen LogP contribution in [-0.4, -0.2) is 35.5 Å². The number of para-hydroxylation sites is 1. The highest BCUT2D eigenvalue weighted by atomic mass is 35.5. The van der Waals surface area contributed by atoms with Gasteiger partial charge in [0, 0.05) is 25.3 Å². The quantitative estimate of drug-likeness (QED) is 0.678. The van der Waals surface area contributed by atoms with Crippen LogP contribution < -0.4 is 10.2 Å². The van der Waals surface area contributed by atoms with Gasteiger partial charge in [-0.2, -0.15) is 5.10 Å². The van der Waals surface area contributed by atoms with Crippen molar-refractivity contribution in [3.05, 3.63) is 70.4 Å². The van der Waals surface area contributed by atoms with Crippen molar-refractivity contribution in [2.75, 3.05) is 30.1 Å². The van der Waals surface area contributed by atoms with Gasteiger partial charge in [0.2, 0.25) is 5.91 Å². The fourth-order valence-electron chi connectivity index (χ4n) is 3.39. The van der Waals surface area contributed by atoms with Crippen molar-refractivity contribution in [1.29, 1.82) is 0 Å². The van der Waals surface area contributed by atoms with Crippen molar-refractivity contribution in [1.82, 2.24) is 9.78 Å². The van der Waals surface area contributed by atoms with Crippen LogP contribution in [0.25, 0.3) is 5.69 Å². The molecule has 0 radical (unpaired) electrons. The second-order valence-electron chi connectivity index (χ2n) is 6.94. The number of halogens is 1. The van der Waals surface area contributed by atoms with Crippen molar-refractivity contribution >= 4 is 40.8 Å². The molecule has 1 aromatic heterocycles. The van der Waals surface area contributed by atoms with E-state index in [0.717, 1.165) is 28.2 Å². The molecule has 0 saturated heterocycles. The van der Waals surface area contributed by atoms with E-state index in [0.29, 0.717) is 16.6 Å². The molecule has 0 unspecified atom stereocenters. The lowest BCUT2D eigenvalue weighted by Gasteiger charge is -2.18. The van der Waals surface area contributed by atoms with E-state index < -0.39 is 0 Å². The summed E-state index contributed by atoms with van der Waals surface area (Å²) >= 11 is 8.02. The molecule has 2 aromatic carbocycles. The average molecular weight is 413 g/mol. The van der Waals surface area contributed by atoms with E-state index in [9.17, 15) is 4.79 Å². The van der Waals surface area contributed by atoms with Crippen molar-refractivity contribution in [3.63, 3.8) is 0 Å². The average Bonchev–Trinajstić information content (AvgIpc) is 2.88. The Kier molecular flexibility index (Phi) is 5.08. The van der Waals surface area contributed by atoms with E-state index in [-0.39, 0.29) is 11.2 Å². The van der Waals surface area contributed by atoms with Gasteiger partial charge in [0.05, 0.1) is 27.4 Å². The molecule has 2 heterocycles. The number of thioether (sulfide) groups is 1. The number of nitrogens with one attached hydrogen (secondary N) is 1. The Morgan fingerprint density at radius 1 is 1.18 bits per heavy atom. The van der Waals surface area contributed by atoms with Crippen LogP contribution in [0.3, 0.4) is 0 Å². The fourth-order valence-corrected chi connectivity index (χ4v) is 4.80. The summed E-state index contributed by atoms with van der Waals surface area (Å²) in [5.41, 5.74) is 4.94. The van der Waals surface area contributed by atoms with Crippen LogP contribution in [0.15, 0.2) is 48.5 Å². The zero-order chi connectivity index (χ0) is 19.8. The Labute approximate surface area is 173 Å². The molecule has 1 N–H and O–H groups in total. The van der Waals surface area contributed by atoms with E-state index in [2.05, 4.69) is 34.5 Å². The number of rotatable bonds is 3. The second kappa shape index (κ2) is 7.53. The summed E-state index contributed by atoms with van der Waals surface area (Å²) < 4.78 is 1.75. The third-order valence-electron chi connectivity index (χ3n) is 4.80. The van der Waals surface area contributed by atoms with Crippen LogP contribution >= 0.6 is 23.4 Å². The van der Waals surface area contributed by atoms with Gasteiger partial charge in [0.25, 0.3) is 0 Å². The molecule has 0 aliphatic carbocycles. The Bertz CT molecular complexity index is 1030. The summed E-state index contributed by atoms with van der Waals surface area (Å²) in [7, 11) is 4.04. The number of carbonyl (C=O) groups excluding carboxylic acids is 1. The molecule has 3 aromatic rings. The minimum Gasteiger partial charge on any atom is -0.378 e. The monoisotopic (exact) mass is 412 g/mol. The molecule has 1 aliphatic heterocycles. The molecule has 1 amide bonds. The minimum atomic E-state index is -0.0353. The molecule has 7 heteroatoms. The number of aryl methyl sites for hydroxylation is 1. The molecule has 144 valence electrons. The van der Waals surface area contributed by atoms with Gasteiger partial charge in [-0.05, 0) is 36.8 Å². The summed E-state index contributed by atoms with van der Waals surface area (Å²) in [5, 5.41) is 8.36. The van der Waals surface area contributed by atoms with Gasteiger partial charge < -0.3 is 10.2 Å². The van der Waals surface area contributed by atoms with E-state index in [1.807, 2.05) is 45.3 Å². The number of fused-ring (bicyclic) bond motifs is 1. The van der Waals surface area contributed by atoms with Gasteiger partial charge in [-0.25, -0.2) is 4.68 Å². The number of hydrogen-bond donors (Lipinski definition) is 1. The molecular weight excluding hydrogens is 392 g/mol. The predicted molar refractivity (Wildman–Crippen MR) is 117 cm³/mol. The SMILES string of the molecule is Cc1nn(-c2ccccc2Cl)c2c1[C@@H](c1ccc(N(C)C)cc1)SCC(=O)N2. The lowest BCUT2D eigenvalue weighted by Crippen LogP contribution is -2.16. The Hall–Kier alpha value is -2.44. The first kappa shape index (κ1) is 18.9. The molecule has 0 spiro atoms. The second-order valence-corrected chi connectivity index (χ2v) is 8.44. The van der Waals surface area contributed by atoms with Crippen molar-refractivity contribution in [2.45, 2.75) is 12.2 Å². The first-order chi connectivity index (χ1) is 13.5. The predicted octanol–water partition coefficient (Wildman–Crippen LogP) is 4.67. The summed E-state index contributed by atoms with van der Waals surface area (Å²) in [6.45, 7) is 1.98. The van der Waals surface area contributed by atoms with Crippen LogP contribution in [0.4, 0.5) is 11.5 Å². The topological polar surface area (TPSA) is 50.2 Å². The normalized spacial score (nSPS) is 16.3. The molecule has 5 nitrogen and oxygen atoms in total. The molecule has 1 atom stereocenters. The van der Waals surface area contributed by atoms with Gasteiger partial charge in [-0.1, -0.05) is 35.9 Å². The Balaban J connectivity index is 1.85. The van der Waals surface area contributed by atoms with Crippen LogP contribution in [-0.2, 0) is 4.79 Å². The van der Waals surface area contributed by atoms with Gasteiger partial charge in [0.1, 0.15) is 5.82 Å².